The third-order valence-corrected chi connectivity index (χ3v) is 2.17. The van der Waals surface area contributed by atoms with Gasteiger partial charge in [0.05, 0.1) is 24.5 Å². The van der Waals surface area contributed by atoms with Crippen molar-refractivity contribution in [3.63, 3.8) is 0 Å². The van der Waals surface area contributed by atoms with Gasteiger partial charge in [-0.05, 0) is 40.7 Å². The molecular formula is C14H23NO3. The fourth-order valence-corrected chi connectivity index (χ4v) is 1.38. The topological polar surface area (TPSA) is 51.6 Å². The standard InChI is InChI=1S/C14H23NO3/c1-10(2)18-12-6-11(7-15-8-12)13(16)9-17-14(3,4)5/h6-8,10,13,16H,9H2,1-5H3. The van der Waals surface area contributed by atoms with E-state index < -0.39 is 6.10 Å². The molecule has 1 rings (SSSR count). The quantitative estimate of drug-likeness (QED) is 0.876. The maximum Gasteiger partial charge on any atom is 0.138 e. The minimum Gasteiger partial charge on any atom is -0.489 e. The van der Waals surface area contributed by atoms with E-state index in [0.29, 0.717) is 11.3 Å². The Bertz CT molecular complexity index is 372. The molecule has 1 atom stereocenters. The highest BCUT2D eigenvalue weighted by molar-refractivity contribution is 5.25. The zero-order valence-electron chi connectivity index (χ0n) is 11.8. The number of hydrogen-bond acceptors (Lipinski definition) is 4. The molecule has 1 aromatic rings. The van der Waals surface area contributed by atoms with Gasteiger partial charge in [0.1, 0.15) is 11.9 Å². The molecule has 0 aliphatic heterocycles. The second-order valence-corrected chi connectivity index (χ2v) is 5.56. The lowest BCUT2D eigenvalue weighted by atomic mass is 10.1. The second-order valence-electron chi connectivity index (χ2n) is 5.56. The van der Waals surface area contributed by atoms with Gasteiger partial charge in [-0.3, -0.25) is 4.98 Å². The van der Waals surface area contributed by atoms with Gasteiger partial charge in [-0.25, -0.2) is 0 Å². The fourth-order valence-electron chi connectivity index (χ4n) is 1.38. The van der Waals surface area contributed by atoms with Gasteiger partial charge in [-0.2, -0.15) is 0 Å². The predicted octanol–water partition coefficient (Wildman–Crippen LogP) is 2.72. The van der Waals surface area contributed by atoms with Crippen molar-refractivity contribution in [3.8, 4) is 5.75 Å². The van der Waals surface area contributed by atoms with Crippen molar-refractivity contribution < 1.29 is 14.6 Å². The summed E-state index contributed by atoms with van der Waals surface area (Å²) in [7, 11) is 0. The van der Waals surface area contributed by atoms with Crippen LogP contribution in [0.5, 0.6) is 5.75 Å². The third-order valence-electron chi connectivity index (χ3n) is 2.17. The SMILES string of the molecule is CC(C)Oc1cncc(C(O)COC(C)(C)C)c1. The maximum atomic E-state index is 10.0. The molecule has 0 aliphatic rings. The van der Waals surface area contributed by atoms with E-state index in [1.54, 1.807) is 18.5 Å². The van der Waals surface area contributed by atoms with Crippen LogP contribution in [0.25, 0.3) is 0 Å². The van der Waals surface area contributed by atoms with Gasteiger partial charge >= 0.3 is 0 Å². The smallest absolute Gasteiger partial charge is 0.138 e. The number of aromatic nitrogens is 1. The molecule has 1 heterocycles. The Hall–Kier alpha value is -1.13. The van der Waals surface area contributed by atoms with E-state index >= 15 is 0 Å². The monoisotopic (exact) mass is 253 g/mol. The summed E-state index contributed by atoms with van der Waals surface area (Å²) in [5, 5.41) is 10.0. The van der Waals surface area contributed by atoms with E-state index in [0.717, 1.165) is 0 Å². The summed E-state index contributed by atoms with van der Waals surface area (Å²) in [4.78, 5) is 4.06. The molecule has 0 aromatic carbocycles. The molecule has 0 aliphatic carbocycles. The Morgan fingerprint density at radius 3 is 2.50 bits per heavy atom. The zero-order valence-corrected chi connectivity index (χ0v) is 11.8. The van der Waals surface area contributed by atoms with E-state index in [2.05, 4.69) is 4.98 Å². The number of hydrogen-bond donors (Lipinski definition) is 1. The van der Waals surface area contributed by atoms with Crippen LogP contribution in [0.4, 0.5) is 0 Å². The van der Waals surface area contributed by atoms with Gasteiger partial charge < -0.3 is 14.6 Å². The molecule has 0 bridgehead atoms. The Labute approximate surface area is 109 Å². The molecule has 0 saturated heterocycles. The highest BCUT2D eigenvalue weighted by atomic mass is 16.5. The first-order valence-corrected chi connectivity index (χ1v) is 6.21. The van der Waals surface area contributed by atoms with Crippen LogP contribution in [0.15, 0.2) is 18.5 Å². The van der Waals surface area contributed by atoms with Gasteiger partial charge in [0.15, 0.2) is 0 Å². The molecule has 0 spiro atoms. The summed E-state index contributed by atoms with van der Waals surface area (Å²) >= 11 is 0. The summed E-state index contributed by atoms with van der Waals surface area (Å²) in [6.07, 6.45) is 2.67. The van der Waals surface area contributed by atoms with Crippen molar-refractivity contribution >= 4 is 0 Å². The number of aliphatic hydroxyl groups excluding tert-OH is 1. The van der Waals surface area contributed by atoms with E-state index in [1.165, 1.54) is 0 Å². The molecule has 0 radical (unpaired) electrons. The van der Waals surface area contributed by atoms with Crippen molar-refractivity contribution in [2.24, 2.45) is 0 Å². The first kappa shape index (κ1) is 14.9. The Morgan fingerprint density at radius 1 is 1.28 bits per heavy atom. The maximum absolute atomic E-state index is 10.0. The molecule has 1 N–H and O–H groups in total. The van der Waals surface area contributed by atoms with Gasteiger partial charge in [0, 0.05) is 11.8 Å². The molecule has 4 nitrogen and oxygen atoms in total. The summed E-state index contributed by atoms with van der Waals surface area (Å²) in [5.74, 6) is 0.664. The molecule has 1 unspecified atom stereocenters. The Balaban J connectivity index is 2.65. The van der Waals surface area contributed by atoms with E-state index in [9.17, 15) is 5.11 Å². The first-order chi connectivity index (χ1) is 8.28. The summed E-state index contributed by atoms with van der Waals surface area (Å²) < 4.78 is 11.1. The van der Waals surface area contributed by atoms with Gasteiger partial charge in [0.2, 0.25) is 0 Å². The van der Waals surface area contributed by atoms with E-state index in [4.69, 9.17) is 9.47 Å². The molecular weight excluding hydrogens is 230 g/mol. The van der Waals surface area contributed by atoms with Crippen molar-refractivity contribution in [1.82, 2.24) is 4.98 Å². The average molecular weight is 253 g/mol. The van der Waals surface area contributed by atoms with Crippen LogP contribution in [0.3, 0.4) is 0 Å². The largest absolute Gasteiger partial charge is 0.489 e. The second kappa shape index (κ2) is 6.16. The lowest BCUT2D eigenvalue weighted by Crippen LogP contribution is -2.22. The van der Waals surface area contributed by atoms with Crippen LogP contribution >= 0.6 is 0 Å². The number of nitrogens with zero attached hydrogens (tertiary/aromatic N) is 1. The minimum atomic E-state index is -0.688. The molecule has 4 heteroatoms. The predicted molar refractivity (Wildman–Crippen MR) is 70.7 cm³/mol. The third kappa shape index (κ3) is 5.47. The normalized spacial score (nSPS) is 13.7. The Kier molecular flexibility index (Phi) is 5.11. The minimum absolute atomic E-state index is 0.0880. The van der Waals surface area contributed by atoms with E-state index in [1.807, 2.05) is 34.6 Å². The molecule has 102 valence electrons. The molecule has 1 aromatic heterocycles. The van der Waals surface area contributed by atoms with Crippen LogP contribution < -0.4 is 4.74 Å². The van der Waals surface area contributed by atoms with Crippen molar-refractivity contribution in [3.05, 3.63) is 24.0 Å². The van der Waals surface area contributed by atoms with Gasteiger partial charge in [-0.15, -0.1) is 0 Å². The Morgan fingerprint density at radius 2 is 1.94 bits per heavy atom. The van der Waals surface area contributed by atoms with Crippen molar-refractivity contribution in [1.29, 1.82) is 0 Å². The number of aliphatic hydroxyl groups is 1. The number of ether oxygens (including phenoxy) is 2. The van der Waals surface area contributed by atoms with Crippen molar-refractivity contribution in [2.45, 2.75) is 52.4 Å². The number of pyridine rings is 1. The van der Waals surface area contributed by atoms with Crippen LogP contribution in [-0.2, 0) is 4.74 Å². The molecule has 0 fully saturated rings. The van der Waals surface area contributed by atoms with Gasteiger partial charge in [-0.1, -0.05) is 0 Å². The van der Waals surface area contributed by atoms with Crippen molar-refractivity contribution in [2.75, 3.05) is 6.61 Å². The van der Waals surface area contributed by atoms with Crippen LogP contribution in [0, 0.1) is 0 Å². The van der Waals surface area contributed by atoms with Crippen LogP contribution in [0.2, 0.25) is 0 Å². The average Bonchev–Trinajstić information content (AvgIpc) is 2.24. The fraction of sp³-hybridized carbons (Fsp3) is 0.643. The lowest BCUT2D eigenvalue weighted by molar-refractivity contribution is -0.0497. The summed E-state index contributed by atoms with van der Waals surface area (Å²) in [6.45, 7) is 10.0. The molecule has 0 amide bonds. The zero-order chi connectivity index (χ0) is 13.8. The lowest BCUT2D eigenvalue weighted by Gasteiger charge is -2.22. The highest BCUT2D eigenvalue weighted by Gasteiger charge is 2.15. The van der Waals surface area contributed by atoms with Crippen LogP contribution in [-0.4, -0.2) is 28.4 Å². The van der Waals surface area contributed by atoms with E-state index in [-0.39, 0.29) is 18.3 Å². The molecule has 0 saturated carbocycles. The summed E-state index contributed by atoms with van der Waals surface area (Å²) in [6, 6.07) is 1.80. The van der Waals surface area contributed by atoms with Crippen LogP contribution in [0.1, 0.15) is 46.3 Å². The molecule has 18 heavy (non-hydrogen) atoms. The highest BCUT2D eigenvalue weighted by Crippen LogP contribution is 2.20. The first-order valence-electron chi connectivity index (χ1n) is 6.21. The van der Waals surface area contributed by atoms with Gasteiger partial charge in [0.25, 0.3) is 0 Å². The number of rotatable bonds is 5. The summed E-state index contributed by atoms with van der Waals surface area (Å²) in [5.41, 5.74) is 0.442.